The number of halogens is 2. The number of allylic oxidation sites excluding steroid dienone is 2. The average Bonchev–Trinajstić information content (AvgIpc) is 2.75. The van der Waals surface area contributed by atoms with Gasteiger partial charge in [-0.05, 0) is 0 Å². The fourth-order valence-electron chi connectivity index (χ4n) is 2.85. The standard InChI is InChI=1S/C24H23ClINO4S/c1-17-9-15-23(16-10-17)32(29,30)31-26(21-7-5-4-6-8-21)24(19(3)28)18(2)27-22-13-11-20(25)12-14-22/h4-16,27H,1-3H3/b24-18+. The number of nitrogens with one attached hydrogen (secondary N) is 1. The van der Waals surface area contributed by atoms with Gasteiger partial charge in [0.25, 0.3) is 0 Å². The maximum absolute atomic E-state index is 13.1. The maximum atomic E-state index is 13.1. The first kappa shape index (κ1) is 24.4. The molecule has 0 heterocycles. The summed E-state index contributed by atoms with van der Waals surface area (Å²) in [7, 11) is -4.08. The van der Waals surface area contributed by atoms with Gasteiger partial charge in [-0.25, -0.2) is 0 Å². The first-order valence-corrected chi connectivity index (χ1v) is 14.5. The second kappa shape index (κ2) is 10.6. The van der Waals surface area contributed by atoms with Crippen LogP contribution in [-0.2, 0) is 17.4 Å². The molecule has 0 bridgehead atoms. The summed E-state index contributed by atoms with van der Waals surface area (Å²) in [6.45, 7) is 5.06. The van der Waals surface area contributed by atoms with Gasteiger partial charge in [-0.1, -0.05) is 0 Å². The Morgan fingerprint density at radius 2 is 1.50 bits per heavy atom. The third-order valence-electron chi connectivity index (χ3n) is 4.37. The zero-order chi connectivity index (χ0) is 23.3. The quantitative estimate of drug-likeness (QED) is 0.240. The summed E-state index contributed by atoms with van der Waals surface area (Å²) in [5, 5.41) is 3.79. The van der Waals surface area contributed by atoms with Crippen molar-refractivity contribution in [1.29, 1.82) is 0 Å². The van der Waals surface area contributed by atoms with Crippen LogP contribution in [0.15, 0.2) is 93.0 Å². The van der Waals surface area contributed by atoms with Gasteiger partial charge in [-0.2, -0.15) is 0 Å². The molecule has 0 fully saturated rings. The third-order valence-corrected chi connectivity index (χ3v) is 12.7. The van der Waals surface area contributed by atoms with Crippen molar-refractivity contribution in [3.8, 4) is 0 Å². The van der Waals surface area contributed by atoms with E-state index in [-0.39, 0.29) is 10.7 Å². The van der Waals surface area contributed by atoms with Crippen LogP contribution in [0.2, 0.25) is 5.02 Å². The zero-order valence-electron chi connectivity index (χ0n) is 17.8. The topological polar surface area (TPSA) is 72.5 Å². The van der Waals surface area contributed by atoms with E-state index in [9.17, 15) is 13.2 Å². The van der Waals surface area contributed by atoms with E-state index in [1.54, 1.807) is 67.6 Å². The second-order valence-electron chi connectivity index (χ2n) is 7.00. The van der Waals surface area contributed by atoms with Crippen molar-refractivity contribution in [3.05, 3.63) is 102 Å². The van der Waals surface area contributed by atoms with Crippen LogP contribution in [0.25, 0.3) is 0 Å². The molecule has 8 heteroatoms. The molecule has 0 saturated heterocycles. The van der Waals surface area contributed by atoms with Crippen molar-refractivity contribution in [3.63, 3.8) is 0 Å². The van der Waals surface area contributed by atoms with Gasteiger partial charge >= 0.3 is 202 Å². The van der Waals surface area contributed by atoms with E-state index >= 15 is 0 Å². The Kier molecular flexibility index (Phi) is 8.10. The van der Waals surface area contributed by atoms with Crippen molar-refractivity contribution in [2.45, 2.75) is 25.7 Å². The number of aryl methyl sites for hydroxylation is 1. The molecule has 168 valence electrons. The predicted octanol–water partition coefficient (Wildman–Crippen LogP) is 6.58. The molecule has 0 amide bonds. The summed E-state index contributed by atoms with van der Waals surface area (Å²) in [6, 6.07) is 22.5. The molecule has 0 aliphatic carbocycles. The number of ketones is 1. The molecule has 1 N–H and O–H groups in total. The number of carbonyl (C=O) groups excluding carboxylic acids is 1. The van der Waals surface area contributed by atoms with Gasteiger partial charge in [-0.3, -0.25) is 0 Å². The van der Waals surface area contributed by atoms with Crippen molar-refractivity contribution in [2.75, 3.05) is 5.32 Å². The normalized spacial score (nSPS) is 12.7. The molecule has 0 saturated carbocycles. The number of hydrogen-bond donors (Lipinski definition) is 1. The van der Waals surface area contributed by atoms with Crippen LogP contribution in [0.5, 0.6) is 0 Å². The predicted molar refractivity (Wildman–Crippen MR) is 137 cm³/mol. The van der Waals surface area contributed by atoms with Crippen molar-refractivity contribution in [2.24, 2.45) is 0 Å². The van der Waals surface area contributed by atoms with Crippen LogP contribution in [0.1, 0.15) is 19.4 Å². The fourth-order valence-corrected chi connectivity index (χ4v) is 10.3. The molecule has 5 nitrogen and oxygen atoms in total. The van der Waals surface area contributed by atoms with Gasteiger partial charge in [0.1, 0.15) is 0 Å². The average molecular weight is 584 g/mol. The molecule has 32 heavy (non-hydrogen) atoms. The molecule has 0 unspecified atom stereocenters. The number of rotatable bonds is 8. The molecule has 0 radical (unpaired) electrons. The molecule has 0 aliphatic heterocycles. The van der Waals surface area contributed by atoms with E-state index in [1.807, 2.05) is 13.0 Å². The Hall–Kier alpha value is -2.20. The Balaban J connectivity index is 2.07. The number of hydrogen-bond acceptors (Lipinski definition) is 5. The fraction of sp³-hybridized carbons (Fsp3) is 0.125. The Morgan fingerprint density at radius 1 is 0.906 bits per heavy atom. The summed E-state index contributed by atoms with van der Waals surface area (Å²) < 4.78 is 33.2. The van der Waals surface area contributed by atoms with Crippen LogP contribution in [0.3, 0.4) is 0 Å². The molecular weight excluding hydrogens is 561 g/mol. The van der Waals surface area contributed by atoms with Crippen LogP contribution < -0.4 is 5.32 Å². The third kappa shape index (κ3) is 6.19. The van der Waals surface area contributed by atoms with Crippen molar-refractivity contribution in [1.82, 2.24) is 0 Å². The van der Waals surface area contributed by atoms with Crippen molar-refractivity contribution < 1.29 is 15.7 Å². The van der Waals surface area contributed by atoms with E-state index in [0.717, 1.165) is 11.3 Å². The molecular formula is C24H23ClINO4S. The molecule has 0 aromatic heterocycles. The van der Waals surface area contributed by atoms with E-state index in [4.69, 9.17) is 14.1 Å². The van der Waals surface area contributed by atoms with Crippen LogP contribution in [0, 0.1) is 10.5 Å². The molecule has 3 aromatic carbocycles. The van der Waals surface area contributed by atoms with E-state index < -0.39 is 30.4 Å². The summed E-state index contributed by atoms with van der Waals surface area (Å²) in [4.78, 5) is 12.8. The molecule has 3 aromatic rings. The van der Waals surface area contributed by atoms with E-state index in [1.165, 1.54) is 19.1 Å². The Morgan fingerprint density at radius 3 is 2.06 bits per heavy atom. The van der Waals surface area contributed by atoms with E-state index in [2.05, 4.69) is 5.32 Å². The van der Waals surface area contributed by atoms with Gasteiger partial charge in [-0.15, -0.1) is 0 Å². The minimum atomic E-state index is -4.08. The summed E-state index contributed by atoms with van der Waals surface area (Å²) in [5.41, 5.74) is 2.22. The Bertz CT molecular complexity index is 1230. The molecule has 3 rings (SSSR count). The summed E-state index contributed by atoms with van der Waals surface area (Å²) >= 11 is 2.80. The van der Waals surface area contributed by atoms with Crippen molar-refractivity contribution >= 4 is 53.4 Å². The molecule has 0 spiro atoms. The first-order valence-electron chi connectivity index (χ1n) is 9.68. The van der Waals surface area contributed by atoms with Crippen LogP contribution >= 0.6 is 31.8 Å². The van der Waals surface area contributed by atoms with Crippen LogP contribution in [0.4, 0.5) is 5.69 Å². The SMILES string of the molecule is CC(=O)/C(=C(/C)Nc1ccc(Cl)cc1)I(OS(=O)(=O)c1ccc(C)cc1)c1ccccc1. The molecule has 0 aliphatic rings. The van der Waals surface area contributed by atoms with Crippen LogP contribution in [-0.4, -0.2) is 14.2 Å². The number of Topliss-reactive ketones (excluding diaryl/α,β-unsaturated/α-hetero) is 1. The molecule has 0 atom stereocenters. The number of anilines is 1. The number of benzene rings is 3. The van der Waals surface area contributed by atoms with E-state index in [0.29, 0.717) is 17.9 Å². The van der Waals surface area contributed by atoms with Gasteiger partial charge in [0.05, 0.1) is 0 Å². The minimum absolute atomic E-state index is 0.0625. The van der Waals surface area contributed by atoms with Gasteiger partial charge in [0.15, 0.2) is 0 Å². The Labute approximate surface area is 201 Å². The van der Waals surface area contributed by atoms with Gasteiger partial charge in [0, 0.05) is 0 Å². The monoisotopic (exact) mass is 583 g/mol. The zero-order valence-corrected chi connectivity index (χ0v) is 21.5. The second-order valence-corrected chi connectivity index (χ2v) is 13.8. The van der Waals surface area contributed by atoms with Gasteiger partial charge in [0.2, 0.25) is 0 Å². The van der Waals surface area contributed by atoms with Gasteiger partial charge < -0.3 is 0 Å². The summed E-state index contributed by atoms with van der Waals surface area (Å²) in [6.07, 6.45) is 0. The summed E-state index contributed by atoms with van der Waals surface area (Å²) in [5.74, 6) is -0.239. The first-order chi connectivity index (χ1) is 15.2. The number of carbonyl (C=O) groups is 1.